The lowest BCUT2D eigenvalue weighted by Crippen LogP contribution is -2.24. The average Bonchev–Trinajstić information content (AvgIpc) is 3.23. The molecule has 0 unspecified atom stereocenters. The van der Waals surface area contributed by atoms with Crippen molar-refractivity contribution in [3.63, 3.8) is 0 Å². The molecule has 0 N–H and O–H groups in total. The van der Waals surface area contributed by atoms with Gasteiger partial charge in [-0.2, -0.15) is 4.98 Å². The van der Waals surface area contributed by atoms with Crippen LogP contribution < -0.4 is 9.64 Å². The summed E-state index contributed by atoms with van der Waals surface area (Å²) >= 11 is 0. The van der Waals surface area contributed by atoms with E-state index in [4.69, 9.17) is 14.2 Å². The number of rotatable bonds is 5. The van der Waals surface area contributed by atoms with Crippen molar-refractivity contribution in [2.75, 3.05) is 18.6 Å². The summed E-state index contributed by atoms with van der Waals surface area (Å²) < 4.78 is 10.9. The molecule has 2 fully saturated rings. The fourth-order valence-corrected chi connectivity index (χ4v) is 4.11. The Labute approximate surface area is 169 Å². The second-order valence-corrected chi connectivity index (χ2v) is 8.01. The van der Waals surface area contributed by atoms with Gasteiger partial charge in [0.05, 0.1) is 12.5 Å². The largest absolute Gasteiger partial charge is 0.497 e. The number of carbonyl (C=O) groups is 1. The number of aryl methyl sites for hydroxylation is 1. The second kappa shape index (κ2) is 6.72. The molecule has 1 aliphatic carbocycles. The van der Waals surface area contributed by atoms with Gasteiger partial charge in [0.25, 0.3) is 0 Å². The smallest absolute Gasteiger partial charge is 0.237 e. The lowest BCUT2D eigenvalue weighted by Gasteiger charge is -2.16. The molecule has 29 heavy (non-hydrogen) atoms. The maximum absolute atomic E-state index is 12.6. The van der Waals surface area contributed by atoms with Crippen molar-refractivity contribution in [1.29, 1.82) is 0 Å². The van der Waals surface area contributed by atoms with Gasteiger partial charge in [0.1, 0.15) is 5.75 Å². The first-order valence-corrected chi connectivity index (χ1v) is 9.95. The number of aromatic nitrogens is 2. The molecule has 1 aliphatic heterocycles. The van der Waals surface area contributed by atoms with Crippen LogP contribution in [0.3, 0.4) is 0 Å². The van der Waals surface area contributed by atoms with Gasteiger partial charge in [-0.25, -0.2) is 0 Å². The van der Waals surface area contributed by atoms with Crippen LogP contribution in [0.1, 0.15) is 48.0 Å². The van der Waals surface area contributed by atoms with Crippen molar-refractivity contribution in [3.8, 4) is 5.75 Å². The Morgan fingerprint density at radius 2 is 1.83 bits per heavy atom. The van der Waals surface area contributed by atoms with Gasteiger partial charge >= 0.3 is 0 Å². The standard InChI is InChI=1S/C23H23N3O3/c1-15-3-7-18(8-4-15)26-14-16(13-20(26)27)21-24-22(29-25-21)23(11-12-23)17-5-9-19(28-2)10-6-17/h3-10,16H,11-14H2,1-2H3/t16-/m1/s1. The van der Waals surface area contributed by atoms with Crippen LogP contribution in [0, 0.1) is 6.92 Å². The number of methoxy groups -OCH3 is 1. The third-order valence-electron chi connectivity index (χ3n) is 6.08. The Morgan fingerprint density at radius 3 is 2.48 bits per heavy atom. The maximum Gasteiger partial charge on any atom is 0.237 e. The molecule has 2 heterocycles. The van der Waals surface area contributed by atoms with E-state index in [2.05, 4.69) is 17.3 Å². The molecule has 148 valence electrons. The Kier molecular flexibility index (Phi) is 4.15. The summed E-state index contributed by atoms with van der Waals surface area (Å²) in [7, 11) is 1.66. The molecule has 1 amide bonds. The maximum atomic E-state index is 12.6. The minimum atomic E-state index is -0.198. The van der Waals surface area contributed by atoms with Crippen molar-refractivity contribution >= 4 is 11.6 Å². The van der Waals surface area contributed by atoms with Gasteiger partial charge in [-0.15, -0.1) is 0 Å². The summed E-state index contributed by atoms with van der Waals surface area (Å²) in [5, 5.41) is 4.25. The first-order chi connectivity index (χ1) is 14.1. The highest BCUT2D eigenvalue weighted by Gasteiger charge is 2.51. The molecule has 1 saturated carbocycles. The van der Waals surface area contributed by atoms with Crippen molar-refractivity contribution in [2.24, 2.45) is 0 Å². The van der Waals surface area contributed by atoms with E-state index in [1.807, 2.05) is 48.2 Å². The lowest BCUT2D eigenvalue weighted by molar-refractivity contribution is -0.117. The molecular weight excluding hydrogens is 366 g/mol. The van der Waals surface area contributed by atoms with Gasteiger partial charge in [0, 0.05) is 24.6 Å². The summed E-state index contributed by atoms with van der Waals surface area (Å²) in [4.78, 5) is 19.1. The highest BCUT2D eigenvalue weighted by atomic mass is 16.5. The van der Waals surface area contributed by atoms with E-state index < -0.39 is 0 Å². The zero-order chi connectivity index (χ0) is 20.0. The van der Waals surface area contributed by atoms with E-state index in [9.17, 15) is 4.79 Å². The van der Waals surface area contributed by atoms with Gasteiger partial charge in [-0.1, -0.05) is 35.0 Å². The van der Waals surface area contributed by atoms with Crippen LogP contribution in [-0.4, -0.2) is 29.7 Å². The van der Waals surface area contributed by atoms with Crippen molar-refractivity contribution in [2.45, 2.75) is 37.5 Å². The van der Waals surface area contributed by atoms with Gasteiger partial charge in [-0.05, 0) is 49.6 Å². The number of ether oxygens (including phenoxy) is 1. The topological polar surface area (TPSA) is 68.5 Å². The monoisotopic (exact) mass is 389 g/mol. The quantitative estimate of drug-likeness (QED) is 0.660. The van der Waals surface area contributed by atoms with Gasteiger partial charge in [-0.3, -0.25) is 4.79 Å². The number of nitrogens with zero attached hydrogens (tertiary/aromatic N) is 3. The van der Waals surface area contributed by atoms with E-state index in [0.717, 1.165) is 29.8 Å². The van der Waals surface area contributed by atoms with Crippen LogP contribution in [0.5, 0.6) is 5.75 Å². The molecule has 3 aromatic rings. The highest BCUT2D eigenvalue weighted by Crippen LogP contribution is 2.53. The lowest BCUT2D eigenvalue weighted by atomic mass is 9.96. The minimum Gasteiger partial charge on any atom is -0.497 e. The molecule has 2 aromatic carbocycles. The van der Waals surface area contributed by atoms with Gasteiger partial charge in [0.15, 0.2) is 5.82 Å². The molecule has 2 aliphatic rings. The predicted octanol–water partition coefficient (Wildman–Crippen LogP) is 3.99. The van der Waals surface area contributed by atoms with E-state index in [1.165, 1.54) is 5.56 Å². The van der Waals surface area contributed by atoms with Crippen molar-refractivity contribution in [3.05, 3.63) is 71.4 Å². The molecular formula is C23H23N3O3. The Hall–Kier alpha value is -3.15. The highest BCUT2D eigenvalue weighted by molar-refractivity contribution is 5.96. The number of amides is 1. The van der Waals surface area contributed by atoms with Gasteiger partial charge in [0.2, 0.25) is 11.8 Å². The minimum absolute atomic E-state index is 0.0482. The van der Waals surface area contributed by atoms with Gasteiger partial charge < -0.3 is 14.2 Å². The third-order valence-corrected chi connectivity index (χ3v) is 6.08. The summed E-state index contributed by atoms with van der Waals surface area (Å²) in [5.41, 5.74) is 3.06. The molecule has 5 rings (SSSR count). The van der Waals surface area contributed by atoms with Crippen LogP contribution in [0.25, 0.3) is 0 Å². The van der Waals surface area contributed by atoms with E-state index >= 15 is 0 Å². The fourth-order valence-electron chi connectivity index (χ4n) is 4.11. The molecule has 0 radical (unpaired) electrons. The van der Waals surface area contributed by atoms with Crippen LogP contribution in [-0.2, 0) is 10.2 Å². The van der Waals surface area contributed by atoms with Crippen LogP contribution in [0.4, 0.5) is 5.69 Å². The predicted molar refractivity (Wildman–Crippen MR) is 108 cm³/mol. The van der Waals surface area contributed by atoms with Crippen LogP contribution in [0.15, 0.2) is 53.1 Å². The molecule has 6 nitrogen and oxygen atoms in total. The first kappa shape index (κ1) is 17.9. The molecule has 0 spiro atoms. The number of benzene rings is 2. The van der Waals surface area contributed by atoms with Crippen molar-refractivity contribution < 1.29 is 14.1 Å². The number of carbonyl (C=O) groups excluding carboxylic acids is 1. The molecule has 1 aromatic heterocycles. The molecule has 0 bridgehead atoms. The van der Waals surface area contributed by atoms with Crippen LogP contribution in [0.2, 0.25) is 0 Å². The molecule has 1 saturated heterocycles. The fraction of sp³-hybridized carbons (Fsp3) is 0.348. The Balaban J connectivity index is 1.36. The zero-order valence-electron chi connectivity index (χ0n) is 16.6. The summed E-state index contributed by atoms with van der Waals surface area (Å²) in [6.07, 6.45) is 2.38. The first-order valence-electron chi connectivity index (χ1n) is 9.95. The Bertz CT molecular complexity index is 1040. The summed E-state index contributed by atoms with van der Waals surface area (Å²) in [6.45, 7) is 2.62. The van der Waals surface area contributed by atoms with E-state index in [-0.39, 0.29) is 17.2 Å². The van der Waals surface area contributed by atoms with Crippen molar-refractivity contribution in [1.82, 2.24) is 10.1 Å². The summed E-state index contributed by atoms with van der Waals surface area (Å²) in [6, 6.07) is 16.1. The third kappa shape index (κ3) is 3.09. The second-order valence-electron chi connectivity index (χ2n) is 8.01. The Morgan fingerprint density at radius 1 is 1.10 bits per heavy atom. The number of hydrogen-bond acceptors (Lipinski definition) is 5. The molecule has 6 heteroatoms. The van der Waals surface area contributed by atoms with Crippen LogP contribution >= 0.6 is 0 Å². The average molecular weight is 389 g/mol. The van der Waals surface area contributed by atoms with E-state index in [0.29, 0.717) is 24.7 Å². The SMILES string of the molecule is COc1ccc(C2(c3nc([C@@H]4CC(=O)N(c5ccc(C)cc5)C4)no3)CC2)cc1. The van der Waals surface area contributed by atoms with E-state index in [1.54, 1.807) is 7.11 Å². The normalized spacial score (nSPS) is 20.1. The zero-order valence-corrected chi connectivity index (χ0v) is 16.6. The summed E-state index contributed by atoms with van der Waals surface area (Å²) in [5.74, 6) is 2.16. The number of anilines is 1. The number of hydrogen-bond donors (Lipinski definition) is 0. The molecule has 1 atom stereocenters.